The molecule has 3 N–H and O–H groups in total. The van der Waals surface area contributed by atoms with E-state index >= 15 is 0 Å². The number of carbonyl (C=O) groups excluding carboxylic acids is 2. The minimum atomic E-state index is -0.654. The van der Waals surface area contributed by atoms with Gasteiger partial charge in [0.2, 0.25) is 0 Å². The number of hydrogen-bond donors (Lipinski definition) is 3. The van der Waals surface area contributed by atoms with Crippen molar-refractivity contribution in [1.82, 2.24) is 16.1 Å². The van der Waals surface area contributed by atoms with Crippen molar-refractivity contribution in [3.63, 3.8) is 0 Å². The normalized spacial score (nSPS) is 14.3. The second-order valence-electron chi connectivity index (χ2n) is 9.65. The Morgan fingerprint density at radius 3 is 2.54 bits per heavy atom. The van der Waals surface area contributed by atoms with Gasteiger partial charge in [-0.05, 0) is 77.9 Å². The summed E-state index contributed by atoms with van der Waals surface area (Å²) in [4.78, 5) is 35.8. The van der Waals surface area contributed by atoms with Crippen LogP contribution in [0.15, 0.2) is 81.5 Å². The Morgan fingerprint density at radius 2 is 1.85 bits per heavy atom. The molecule has 240 valence electrons. The molecule has 0 aliphatic carbocycles. The van der Waals surface area contributed by atoms with Crippen LogP contribution in [0.2, 0.25) is 0 Å². The second kappa shape index (κ2) is 15.8. The SMILES string of the molecule is CCOC(=O)C1=C(C)NC(=S)N[C@H]1c1ccccc1OCC(=O)NN=Cc1cc(OC)c(OCc2ccc([N+](=O)[O-])cc2)cc1Br. The smallest absolute Gasteiger partial charge is 0.338 e. The number of hydrazone groups is 1. The predicted molar refractivity (Wildman–Crippen MR) is 177 cm³/mol. The highest BCUT2D eigenvalue weighted by Gasteiger charge is 2.32. The molecule has 1 aliphatic rings. The molecule has 46 heavy (non-hydrogen) atoms. The summed E-state index contributed by atoms with van der Waals surface area (Å²) in [6, 6.07) is 15.7. The number of non-ortho nitro benzene ring substituents is 1. The lowest BCUT2D eigenvalue weighted by Crippen LogP contribution is -2.45. The van der Waals surface area contributed by atoms with Gasteiger partial charge in [-0.25, -0.2) is 10.2 Å². The number of hydrogen-bond acceptors (Lipinski definition) is 10. The van der Waals surface area contributed by atoms with Crippen LogP contribution in [0.3, 0.4) is 0 Å². The van der Waals surface area contributed by atoms with E-state index in [2.05, 4.69) is 37.1 Å². The molecule has 0 aromatic heterocycles. The van der Waals surface area contributed by atoms with Gasteiger partial charge in [0, 0.05) is 33.4 Å². The standard InChI is InChI=1S/C31H30BrN5O8S/c1-4-43-30(39)28-18(2)34-31(46)35-29(28)22-7-5-6-8-24(22)45-17-27(38)36-33-15-20-13-25(42-3)26(14-23(20)32)44-16-19-9-11-21(12-10-19)37(40)41/h5-15,29H,4,16-17H2,1-3H3,(H,36,38)(H2,34,35,46)/t29-/m0/s1. The molecule has 13 nitrogen and oxygen atoms in total. The summed E-state index contributed by atoms with van der Waals surface area (Å²) in [5, 5.41) is 21.3. The molecule has 4 rings (SSSR count). The van der Waals surface area contributed by atoms with Crippen molar-refractivity contribution in [3.05, 3.63) is 103 Å². The van der Waals surface area contributed by atoms with Gasteiger partial charge < -0.3 is 29.6 Å². The van der Waals surface area contributed by atoms with E-state index in [4.69, 9.17) is 31.2 Å². The first kappa shape index (κ1) is 33.9. The Labute approximate surface area is 278 Å². The maximum Gasteiger partial charge on any atom is 0.338 e. The molecule has 15 heteroatoms. The summed E-state index contributed by atoms with van der Waals surface area (Å²) < 4.78 is 23.0. The minimum absolute atomic E-state index is 0.00653. The van der Waals surface area contributed by atoms with Crippen molar-refractivity contribution in [2.45, 2.75) is 26.5 Å². The third kappa shape index (κ3) is 8.57. The summed E-state index contributed by atoms with van der Waals surface area (Å²) in [6.07, 6.45) is 1.43. The molecular formula is C31H30BrN5O8S. The summed E-state index contributed by atoms with van der Waals surface area (Å²) in [7, 11) is 1.49. The lowest BCUT2D eigenvalue weighted by Gasteiger charge is -2.30. The molecule has 0 unspecified atom stereocenters. The van der Waals surface area contributed by atoms with Crippen LogP contribution in [0, 0.1) is 10.1 Å². The molecule has 0 fully saturated rings. The lowest BCUT2D eigenvalue weighted by molar-refractivity contribution is -0.384. The number of nitrogens with one attached hydrogen (secondary N) is 3. The largest absolute Gasteiger partial charge is 0.493 e. The summed E-state index contributed by atoms with van der Waals surface area (Å²) in [6.45, 7) is 3.46. The fourth-order valence-corrected chi connectivity index (χ4v) is 5.10. The van der Waals surface area contributed by atoms with E-state index in [1.54, 1.807) is 62.4 Å². The number of nitro benzene ring substituents is 1. The maximum absolute atomic E-state index is 12.8. The highest BCUT2D eigenvalue weighted by atomic mass is 79.9. The second-order valence-corrected chi connectivity index (χ2v) is 10.9. The quantitative estimate of drug-likeness (QED) is 0.0732. The van der Waals surface area contributed by atoms with Crippen molar-refractivity contribution in [2.75, 3.05) is 20.3 Å². The predicted octanol–water partition coefficient (Wildman–Crippen LogP) is 4.83. The highest BCUT2D eigenvalue weighted by molar-refractivity contribution is 9.10. The number of thiocarbonyl (C=S) groups is 1. The fraction of sp³-hybridized carbons (Fsp3) is 0.226. The van der Waals surface area contributed by atoms with Gasteiger partial charge in [0.25, 0.3) is 11.6 Å². The van der Waals surface area contributed by atoms with Crippen LogP contribution in [-0.4, -0.2) is 48.5 Å². The topological polar surface area (TPSA) is 163 Å². The van der Waals surface area contributed by atoms with Crippen LogP contribution >= 0.6 is 28.1 Å². The Balaban J connectivity index is 1.39. The average molecular weight is 713 g/mol. The van der Waals surface area contributed by atoms with Crippen LogP contribution in [0.5, 0.6) is 17.2 Å². The number of ether oxygens (including phenoxy) is 4. The van der Waals surface area contributed by atoms with E-state index in [9.17, 15) is 19.7 Å². The van der Waals surface area contributed by atoms with Gasteiger partial charge in [-0.3, -0.25) is 14.9 Å². The van der Waals surface area contributed by atoms with Gasteiger partial charge in [0.15, 0.2) is 23.2 Å². The monoisotopic (exact) mass is 711 g/mol. The molecule has 0 saturated heterocycles. The number of rotatable bonds is 13. The molecule has 1 amide bonds. The van der Waals surface area contributed by atoms with E-state index in [1.165, 1.54) is 25.5 Å². The molecule has 0 radical (unpaired) electrons. The zero-order chi connectivity index (χ0) is 33.2. The number of halogens is 1. The summed E-state index contributed by atoms with van der Waals surface area (Å²) in [5.41, 5.74) is 5.26. The molecule has 1 aliphatic heterocycles. The Kier molecular flexibility index (Phi) is 11.6. The van der Waals surface area contributed by atoms with E-state index in [0.717, 1.165) is 5.56 Å². The van der Waals surface area contributed by atoms with Crippen LogP contribution in [0.25, 0.3) is 0 Å². The van der Waals surface area contributed by atoms with Gasteiger partial charge in [-0.15, -0.1) is 0 Å². The summed E-state index contributed by atoms with van der Waals surface area (Å²) in [5.74, 6) is 0.191. The van der Waals surface area contributed by atoms with Gasteiger partial charge in [-0.1, -0.05) is 18.2 Å². The fourth-order valence-electron chi connectivity index (χ4n) is 4.40. The Hall–Kier alpha value is -5.02. The number of carbonyl (C=O) groups is 2. The third-order valence-corrected chi connectivity index (χ3v) is 7.48. The van der Waals surface area contributed by atoms with E-state index in [-0.39, 0.29) is 25.5 Å². The van der Waals surface area contributed by atoms with E-state index < -0.39 is 22.8 Å². The first-order valence-corrected chi connectivity index (χ1v) is 15.0. The van der Waals surface area contributed by atoms with Crippen molar-refractivity contribution in [3.8, 4) is 17.2 Å². The molecule has 0 saturated carbocycles. The number of nitro groups is 1. The van der Waals surface area contributed by atoms with Gasteiger partial charge in [0.1, 0.15) is 12.4 Å². The van der Waals surface area contributed by atoms with Crippen LogP contribution < -0.4 is 30.3 Å². The molecule has 3 aromatic rings. The first-order valence-electron chi connectivity index (χ1n) is 13.8. The average Bonchev–Trinajstić information content (AvgIpc) is 3.03. The number of nitrogens with zero attached hydrogens (tertiary/aromatic N) is 2. The van der Waals surface area contributed by atoms with Crippen molar-refractivity contribution >= 4 is 57.0 Å². The molecule has 0 spiro atoms. The van der Waals surface area contributed by atoms with Gasteiger partial charge >= 0.3 is 5.97 Å². The van der Waals surface area contributed by atoms with Crippen molar-refractivity contribution < 1.29 is 33.5 Å². The molecule has 0 bridgehead atoms. The number of methoxy groups -OCH3 is 1. The lowest BCUT2D eigenvalue weighted by atomic mass is 9.95. The summed E-state index contributed by atoms with van der Waals surface area (Å²) >= 11 is 8.79. The number of allylic oxidation sites excluding steroid dienone is 1. The Bertz CT molecular complexity index is 1700. The third-order valence-electron chi connectivity index (χ3n) is 6.57. The van der Waals surface area contributed by atoms with Crippen LogP contribution in [-0.2, 0) is 20.9 Å². The molecule has 3 aromatic carbocycles. The number of amides is 1. The minimum Gasteiger partial charge on any atom is -0.493 e. The number of para-hydroxylation sites is 1. The van der Waals surface area contributed by atoms with Crippen LogP contribution in [0.1, 0.15) is 36.6 Å². The van der Waals surface area contributed by atoms with E-state index in [0.29, 0.717) is 49.2 Å². The molecule has 1 heterocycles. The van der Waals surface area contributed by atoms with Crippen molar-refractivity contribution in [2.24, 2.45) is 5.10 Å². The van der Waals surface area contributed by atoms with E-state index in [1.807, 2.05) is 0 Å². The maximum atomic E-state index is 12.8. The van der Waals surface area contributed by atoms with Gasteiger partial charge in [0.05, 0.1) is 36.5 Å². The number of benzene rings is 3. The Morgan fingerprint density at radius 1 is 1.11 bits per heavy atom. The highest BCUT2D eigenvalue weighted by Crippen LogP contribution is 2.35. The number of esters is 1. The van der Waals surface area contributed by atoms with Gasteiger partial charge in [-0.2, -0.15) is 5.10 Å². The molecular weight excluding hydrogens is 682 g/mol. The van der Waals surface area contributed by atoms with Crippen LogP contribution in [0.4, 0.5) is 5.69 Å². The zero-order valence-electron chi connectivity index (χ0n) is 25.0. The van der Waals surface area contributed by atoms with Crippen molar-refractivity contribution in [1.29, 1.82) is 0 Å². The zero-order valence-corrected chi connectivity index (χ0v) is 27.4. The first-order chi connectivity index (χ1) is 22.1. The molecule has 1 atom stereocenters.